The number of rotatable bonds is 8. The highest BCUT2D eigenvalue weighted by Gasteiger charge is 2.44. The smallest absolute Gasteiger partial charge is 0.234 e. The lowest BCUT2D eigenvalue weighted by Crippen LogP contribution is -2.48. The van der Waals surface area contributed by atoms with Gasteiger partial charge < -0.3 is 17.2 Å². The van der Waals surface area contributed by atoms with Crippen molar-refractivity contribution in [1.82, 2.24) is 9.88 Å². The van der Waals surface area contributed by atoms with E-state index in [2.05, 4.69) is 4.98 Å². The fraction of sp³-hybridized carbons (Fsp3) is 0.731. The molecule has 1 unspecified atom stereocenters. The van der Waals surface area contributed by atoms with E-state index in [1.165, 1.54) is 64.2 Å². The summed E-state index contributed by atoms with van der Waals surface area (Å²) in [7, 11) is 0. The second-order valence-electron chi connectivity index (χ2n) is 10.7. The van der Waals surface area contributed by atoms with Crippen LogP contribution in [0.4, 0.5) is 5.82 Å². The van der Waals surface area contributed by atoms with Gasteiger partial charge in [0, 0.05) is 25.2 Å². The molecule has 1 aliphatic heterocycles. The van der Waals surface area contributed by atoms with Gasteiger partial charge in [0.15, 0.2) is 5.78 Å². The molecular weight excluding hydrogens is 414 g/mol. The van der Waals surface area contributed by atoms with Gasteiger partial charge in [-0.3, -0.25) is 14.5 Å². The van der Waals surface area contributed by atoms with Crippen molar-refractivity contribution in [1.29, 1.82) is 0 Å². The molecule has 1 saturated heterocycles. The Labute approximate surface area is 197 Å². The fourth-order valence-electron chi connectivity index (χ4n) is 6.82. The van der Waals surface area contributed by atoms with Gasteiger partial charge in [0.25, 0.3) is 0 Å². The summed E-state index contributed by atoms with van der Waals surface area (Å²) in [6.07, 6.45) is 14.6. The summed E-state index contributed by atoms with van der Waals surface area (Å²) in [5.41, 5.74) is 19.2. The molecule has 0 aromatic carbocycles. The maximum absolute atomic E-state index is 13.8. The van der Waals surface area contributed by atoms with Gasteiger partial charge >= 0.3 is 0 Å². The minimum atomic E-state index is -0.452. The van der Waals surface area contributed by atoms with Crippen LogP contribution in [0.3, 0.4) is 0 Å². The Morgan fingerprint density at radius 3 is 2.12 bits per heavy atom. The molecule has 2 aliphatic carbocycles. The van der Waals surface area contributed by atoms with E-state index in [-0.39, 0.29) is 23.5 Å². The third-order valence-electron chi connectivity index (χ3n) is 8.50. The summed E-state index contributed by atoms with van der Waals surface area (Å²) in [4.78, 5) is 32.1. The summed E-state index contributed by atoms with van der Waals surface area (Å²) >= 11 is 0. The third-order valence-corrected chi connectivity index (χ3v) is 8.50. The minimum Gasteiger partial charge on any atom is -0.384 e. The number of aromatic nitrogens is 1. The maximum atomic E-state index is 13.8. The number of Topliss-reactive ketones (excluding diaryl/α,β-unsaturated/α-hetero) is 1. The van der Waals surface area contributed by atoms with Crippen LogP contribution in [0.15, 0.2) is 18.3 Å². The lowest BCUT2D eigenvalue weighted by Gasteiger charge is -2.41. The van der Waals surface area contributed by atoms with Crippen LogP contribution in [0, 0.1) is 23.7 Å². The molecule has 7 heteroatoms. The first kappa shape index (κ1) is 24.1. The molecule has 1 amide bonds. The van der Waals surface area contributed by atoms with E-state index in [1.807, 2.05) is 11.0 Å². The lowest BCUT2D eigenvalue weighted by atomic mass is 9.65. The summed E-state index contributed by atoms with van der Waals surface area (Å²) in [6, 6.07) is 2.77. The number of ketones is 1. The van der Waals surface area contributed by atoms with Crippen molar-refractivity contribution in [2.45, 2.75) is 89.3 Å². The number of anilines is 1. The molecule has 0 radical (unpaired) electrons. The van der Waals surface area contributed by atoms with Gasteiger partial charge in [0.2, 0.25) is 5.91 Å². The highest BCUT2D eigenvalue weighted by atomic mass is 16.1. The van der Waals surface area contributed by atoms with Crippen LogP contribution in [-0.2, 0) is 16.1 Å². The fourth-order valence-corrected chi connectivity index (χ4v) is 6.82. The van der Waals surface area contributed by atoms with Crippen molar-refractivity contribution in [3.63, 3.8) is 0 Å². The first-order chi connectivity index (χ1) is 15.9. The van der Waals surface area contributed by atoms with Crippen LogP contribution < -0.4 is 17.2 Å². The third kappa shape index (κ3) is 5.75. The van der Waals surface area contributed by atoms with E-state index in [9.17, 15) is 9.59 Å². The van der Waals surface area contributed by atoms with Gasteiger partial charge in [-0.05, 0) is 35.8 Å². The Bertz CT molecular complexity index is 783. The van der Waals surface area contributed by atoms with Gasteiger partial charge in [-0.2, -0.15) is 0 Å². The topological polar surface area (TPSA) is 128 Å². The largest absolute Gasteiger partial charge is 0.384 e. The summed E-state index contributed by atoms with van der Waals surface area (Å²) in [5.74, 6) is 1.38. The van der Waals surface area contributed by atoms with Crippen LogP contribution in [0.2, 0.25) is 0 Å². The predicted octanol–water partition coefficient (Wildman–Crippen LogP) is 3.01. The van der Waals surface area contributed by atoms with E-state index in [0.29, 0.717) is 37.2 Å². The molecule has 2 saturated carbocycles. The van der Waals surface area contributed by atoms with Crippen molar-refractivity contribution in [3.8, 4) is 0 Å². The molecule has 1 aromatic heterocycles. The zero-order valence-corrected chi connectivity index (χ0v) is 19.8. The molecule has 4 rings (SSSR count). The molecule has 0 bridgehead atoms. The van der Waals surface area contributed by atoms with Gasteiger partial charge in [0.1, 0.15) is 5.82 Å². The van der Waals surface area contributed by atoms with E-state index < -0.39 is 12.1 Å². The van der Waals surface area contributed by atoms with Crippen LogP contribution in [-0.4, -0.2) is 40.2 Å². The minimum absolute atomic E-state index is 0.139. The van der Waals surface area contributed by atoms with Crippen molar-refractivity contribution in [3.05, 3.63) is 23.9 Å². The van der Waals surface area contributed by atoms with Crippen LogP contribution in [0.5, 0.6) is 0 Å². The Morgan fingerprint density at radius 2 is 1.61 bits per heavy atom. The predicted molar refractivity (Wildman–Crippen MR) is 130 cm³/mol. The van der Waals surface area contributed by atoms with Crippen molar-refractivity contribution < 1.29 is 9.59 Å². The monoisotopic (exact) mass is 455 g/mol. The zero-order valence-electron chi connectivity index (χ0n) is 19.8. The number of nitrogens with two attached hydrogens (primary N) is 3. The number of carbonyl (C=O) groups is 2. The second kappa shape index (κ2) is 11.0. The number of nitrogen functional groups attached to an aromatic ring is 1. The van der Waals surface area contributed by atoms with Crippen LogP contribution in [0.1, 0.15) is 76.2 Å². The molecule has 33 heavy (non-hydrogen) atoms. The molecule has 3 fully saturated rings. The molecular formula is C26H41N5O2. The van der Waals surface area contributed by atoms with E-state index in [0.717, 1.165) is 5.56 Å². The van der Waals surface area contributed by atoms with Gasteiger partial charge in [0.05, 0.1) is 12.1 Å². The molecule has 1 aromatic rings. The lowest BCUT2D eigenvalue weighted by molar-refractivity contribution is -0.126. The van der Waals surface area contributed by atoms with E-state index in [1.54, 1.807) is 12.3 Å². The maximum Gasteiger partial charge on any atom is 0.234 e. The molecule has 6 N–H and O–H groups in total. The molecule has 7 nitrogen and oxygen atoms in total. The molecule has 2 heterocycles. The van der Waals surface area contributed by atoms with Crippen molar-refractivity contribution in [2.75, 3.05) is 12.3 Å². The number of hydrogen-bond acceptors (Lipinski definition) is 6. The molecule has 3 atom stereocenters. The average Bonchev–Trinajstić information content (AvgIpc) is 3.26. The highest BCUT2D eigenvalue weighted by Crippen LogP contribution is 2.42. The molecule has 0 spiro atoms. The van der Waals surface area contributed by atoms with Crippen LogP contribution >= 0.6 is 0 Å². The Hall–Kier alpha value is -1.99. The van der Waals surface area contributed by atoms with Gasteiger partial charge in [-0.1, -0.05) is 70.3 Å². The van der Waals surface area contributed by atoms with Crippen molar-refractivity contribution in [2.24, 2.45) is 35.1 Å². The number of primary amides is 1. The Kier molecular flexibility index (Phi) is 8.02. The average molecular weight is 456 g/mol. The quantitative estimate of drug-likeness (QED) is 0.553. The number of amides is 1. The second-order valence-corrected chi connectivity index (χ2v) is 10.7. The Balaban J connectivity index is 1.48. The summed E-state index contributed by atoms with van der Waals surface area (Å²) in [5, 5.41) is 0. The highest BCUT2D eigenvalue weighted by molar-refractivity contribution is 5.89. The number of likely N-dealkylation sites (tertiary alicyclic amines) is 1. The standard InChI is InChI=1S/C26H41N5O2/c27-22-12-11-17(14-30-22)15-31-16-20(13-21(31)26(29)33)25(32)24(28)23(18-7-3-1-4-8-18)19-9-5-2-6-10-19/h11-12,14,18-21,23-24H,1-10,13,15-16,28H2,(H2,27,30)(H2,29,33)/t20?,21-,24-/m0/s1. The summed E-state index contributed by atoms with van der Waals surface area (Å²) in [6.45, 7) is 1.04. The van der Waals surface area contributed by atoms with Gasteiger partial charge in [-0.25, -0.2) is 4.98 Å². The number of carbonyl (C=O) groups excluding carboxylic acids is 2. The van der Waals surface area contributed by atoms with E-state index in [4.69, 9.17) is 17.2 Å². The van der Waals surface area contributed by atoms with Crippen molar-refractivity contribution >= 4 is 17.5 Å². The SMILES string of the molecule is NC(=O)[C@@H]1CC(C(=O)[C@@H](N)C(C2CCCCC2)C2CCCCC2)CN1Cc1ccc(N)nc1. The summed E-state index contributed by atoms with van der Waals surface area (Å²) < 4.78 is 0. The molecule has 182 valence electrons. The zero-order chi connectivity index (χ0) is 23.4. The van der Waals surface area contributed by atoms with Crippen LogP contribution in [0.25, 0.3) is 0 Å². The first-order valence-corrected chi connectivity index (χ1v) is 13.0. The van der Waals surface area contributed by atoms with Gasteiger partial charge in [-0.15, -0.1) is 0 Å². The molecule has 3 aliphatic rings. The normalized spacial score (nSPS) is 26.5. The Morgan fingerprint density at radius 1 is 1.00 bits per heavy atom. The number of pyridine rings is 1. The first-order valence-electron chi connectivity index (χ1n) is 13.0. The number of hydrogen-bond donors (Lipinski definition) is 3. The number of nitrogens with zero attached hydrogens (tertiary/aromatic N) is 2. The van der Waals surface area contributed by atoms with E-state index >= 15 is 0 Å².